The van der Waals surface area contributed by atoms with Crippen LogP contribution in [0.4, 0.5) is 0 Å². The van der Waals surface area contributed by atoms with Gasteiger partial charge < -0.3 is 5.73 Å². The van der Waals surface area contributed by atoms with Gasteiger partial charge in [0.15, 0.2) is 0 Å². The number of aryl methyl sites for hydroxylation is 1. The van der Waals surface area contributed by atoms with Crippen LogP contribution < -0.4 is 5.73 Å². The van der Waals surface area contributed by atoms with Crippen LogP contribution in [0.2, 0.25) is 5.15 Å². The molecule has 1 saturated heterocycles. The summed E-state index contributed by atoms with van der Waals surface area (Å²) in [5.74, 6) is 1.40. The first-order chi connectivity index (χ1) is 8.04. The normalized spacial score (nSPS) is 22.9. The van der Waals surface area contributed by atoms with E-state index in [1.807, 2.05) is 6.92 Å². The number of aromatic nitrogens is 2. The van der Waals surface area contributed by atoms with E-state index in [2.05, 4.69) is 21.8 Å². The minimum Gasteiger partial charge on any atom is -0.328 e. The summed E-state index contributed by atoms with van der Waals surface area (Å²) in [5, 5.41) is 0.524. The summed E-state index contributed by atoms with van der Waals surface area (Å²) in [5.41, 5.74) is 6.84. The van der Waals surface area contributed by atoms with E-state index in [-0.39, 0.29) is 6.04 Å². The van der Waals surface area contributed by atoms with E-state index in [1.54, 1.807) is 6.07 Å². The molecule has 0 radical (unpaired) electrons. The Kier molecular flexibility index (Phi) is 3.97. The lowest BCUT2D eigenvalue weighted by Crippen LogP contribution is -2.29. The molecule has 0 bridgehead atoms. The molecule has 2 heterocycles. The molecule has 5 heteroatoms. The second-order valence-electron chi connectivity index (χ2n) is 4.89. The van der Waals surface area contributed by atoms with Crippen LogP contribution in [0.15, 0.2) is 6.07 Å². The smallest absolute Gasteiger partial charge is 0.144 e. The molecule has 1 aliphatic rings. The zero-order valence-electron chi connectivity index (χ0n) is 10.4. The molecule has 0 spiro atoms. The van der Waals surface area contributed by atoms with Crippen LogP contribution in [0.1, 0.15) is 24.9 Å². The van der Waals surface area contributed by atoms with Gasteiger partial charge in [-0.05, 0) is 38.8 Å². The first-order valence-electron chi connectivity index (χ1n) is 6.02. The van der Waals surface area contributed by atoms with Crippen molar-refractivity contribution in [2.45, 2.75) is 32.9 Å². The van der Waals surface area contributed by atoms with E-state index in [4.69, 9.17) is 17.3 Å². The second kappa shape index (κ2) is 5.29. The van der Waals surface area contributed by atoms with Crippen LogP contribution >= 0.6 is 11.6 Å². The summed E-state index contributed by atoms with van der Waals surface area (Å²) in [6.07, 6.45) is 1.16. The second-order valence-corrected chi connectivity index (χ2v) is 5.28. The van der Waals surface area contributed by atoms with E-state index in [1.165, 1.54) is 0 Å². The van der Waals surface area contributed by atoms with Gasteiger partial charge in [-0.25, -0.2) is 9.97 Å². The molecule has 0 aromatic carbocycles. The van der Waals surface area contributed by atoms with Crippen LogP contribution in [0.25, 0.3) is 0 Å². The molecule has 2 rings (SSSR count). The van der Waals surface area contributed by atoms with Gasteiger partial charge in [0.1, 0.15) is 11.0 Å². The third-order valence-corrected chi connectivity index (χ3v) is 3.48. The number of nitrogens with two attached hydrogens (primary N) is 1. The molecule has 1 aromatic rings. The van der Waals surface area contributed by atoms with Gasteiger partial charge in [-0.15, -0.1) is 0 Å². The maximum Gasteiger partial charge on any atom is 0.144 e. The molecule has 0 saturated carbocycles. The van der Waals surface area contributed by atoms with Crippen molar-refractivity contribution in [3.8, 4) is 0 Å². The van der Waals surface area contributed by atoms with E-state index < -0.39 is 0 Å². The highest BCUT2D eigenvalue weighted by Crippen LogP contribution is 2.20. The topological polar surface area (TPSA) is 55.0 Å². The lowest BCUT2D eigenvalue weighted by atomic mass is 10.0. The van der Waals surface area contributed by atoms with Gasteiger partial charge in [0.2, 0.25) is 0 Å². The molecule has 0 amide bonds. The predicted molar refractivity (Wildman–Crippen MR) is 68.8 cm³/mol. The quantitative estimate of drug-likeness (QED) is 0.833. The SMILES string of the molecule is Cc1cc(Cl)nc(CN2CCC(C(C)N)C2)n1. The Hall–Kier alpha value is -0.710. The highest BCUT2D eigenvalue weighted by Gasteiger charge is 2.25. The van der Waals surface area contributed by atoms with Crippen molar-refractivity contribution in [3.05, 3.63) is 22.7 Å². The molecule has 17 heavy (non-hydrogen) atoms. The molecular weight excluding hydrogens is 236 g/mol. The number of hydrogen-bond donors (Lipinski definition) is 1. The Morgan fingerprint density at radius 2 is 2.35 bits per heavy atom. The maximum absolute atomic E-state index is 5.93. The highest BCUT2D eigenvalue weighted by atomic mass is 35.5. The lowest BCUT2D eigenvalue weighted by molar-refractivity contribution is 0.301. The average molecular weight is 255 g/mol. The van der Waals surface area contributed by atoms with Crippen molar-refractivity contribution in [1.29, 1.82) is 0 Å². The first kappa shape index (κ1) is 12.7. The van der Waals surface area contributed by atoms with Crippen LogP contribution in [-0.4, -0.2) is 34.0 Å². The predicted octanol–water partition coefficient (Wildman–Crippen LogP) is 1.61. The third-order valence-electron chi connectivity index (χ3n) is 3.29. The summed E-state index contributed by atoms with van der Waals surface area (Å²) in [6, 6.07) is 2.04. The number of rotatable bonds is 3. The Morgan fingerprint density at radius 3 is 2.94 bits per heavy atom. The first-order valence-corrected chi connectivity index (χ1v) is 6.40. The minimum atomic E-state index is 0.266. The van der Waals surface area contributed by atoms with E-state index >= 15 is 0 Å². The fourth-order valence-corrected chi connectivity index (χ4v) is 2.55. The number of likely N-dealkylation sites (tertiary alicyclic amines) is 1. The maximum atomic E-state index is 5.93. The van der Waals surface area contributed by atoms with Gasteiger partial charge in [0.25, 0.3) is 0 Å². The minimum absolute atomic E-state index is 0.266. The van der Waals surface area contributed by atoms with Crippen molar-refractivity contribution in [3.63, 3.8) is 0 Å². The van der Waals surface area contributed by atoms with Crippen LogP contribution in [0.3, 0.4) is 0 Å². The van der Waals surface area contributed by atoms with Gasteiger partial charge in [0.05, 0.1) is 6.54 Å². The molecule has 2 unspecified atom stereocenters. The summed E-state index contributed by atoms with van der Waals surface area (Å²) >= 11 is 5.93. The number of hydrogen-bond acceptors (Lipinski definition) is 4. The molecule has 4 nitrogen and oxygen atoms in total. The fourth-order valence-electron chi connectivity index (χ4n) is 2.29. The molecular formula is C12H19ClN4. The van der Waals surface area contributed by atoms with Crippen LogP contribution in [0.5, 0.6) is 0 Å². The largest absolute Gasteiger partial charge is 0.328 e. The van der Waals surface area contributed by atoms with Crippen molar-refractivity contribution in [1.82, 2.24) is 14.9 Å². The zero-order chi connectivity index (χ0) is 12.4. The van der Waals surface area contributed by atoms with E-state index in [0.29, 0.717) is 11.1 Å². The molecule has 0 aliphatic carbocycles. The fraction of sp³-hybridized carbons (Fsp3) is 0.667. The number of nitrogens with zero attached hydrogens (tertiary/aromatic N) is 3. The van der Waals surface area contributed by atoms with E-state index in [0.717, 1.165) is 37.6 Å². The van der Waals surface area contributed by atoms with Crippen LogP contribution in [-0.2, 0) is 6.54 Å². The van der Waals surface area contributed by atoms with Crippen molar-refractivity contribution in [2.24, 2.45) is 11.7 Å². The number of halogens is 1. The Bertz CT molecular complexity index is 374. The summed E-state index contributed by atoms with van der Waals surface area (Å²) < 4.78 is 0. The Morgan fingerprint density at radius 1 is 1.59 bits per heavy atom. The third kappa shape index (κ3) is 3.37. The zero-order valence-corrected chi connectivity index (χ0v) is 11.1. The van der Waals surface area contributed by atoms with Crippen molar-refractivity contribution in [2.75, 3.05) is 13.1 Å². The Balaban J connectivity index is 1.98. The molecule has 2 atom stereocenters. The standard InChI is InChI=1S/C12H19ClN4/c1-8-5-11(13)16-12(15-8)7-17-4-3-10(6-17)9(2)14/h5,9-10H,3-4,6-7,14H2,1-2H3. The molecule has 94 valence electrons. The molecule has 1 aliphatic heterocycles. The average Bonchev–Trinajstić information content (AvgIpc) is 2.64. The van der Waals surface area contributed by atoms with Gasteiger partial charge in [0, 0.05) is 18.3 Å². The van der Waals surface area contributed by atoms with Crippen molar-refractivity contribution >= 4 is 11.6 Å². The highest BCUT2D eigenvalue weighted by molar-refractivity contribution is 6.29. The summed E-state index contributed by atoms with van der Waals surface area (Å²) in [4.78, 5) is 11.0. The van der Waals surface area contributed by atoms with Gasteiger partial charge in [-0.2, -0.15) is 0 Å². The molecule has 1 aromatic heterocycles. The molecule has 1 fully saturated rings. The lowest BCUT2D eigenvalue weighted by Gasteiger charge is -2.17. The summed E-state index contributed by atoms with van der Waals surface area (Å²) in [6.45, 7) is 6.89. The van der Waals surface area contributed by atoms with Gasteiger partial charge in [-0.3, -0.25) is 4.90 Å². The van der Waals surface area contributed by atoms with Gasteiger partial charge >= 0.3 is 0 Å². The van der Waals surface area contributed by atoms with Gasteiger partial charge in [-0.1, -0.05) is 11.6 Å². The van der Waals surface area contributed by atoms with Crippen LogP contribution in [0, 0.1) is 12.8 Å². The monoisotopic (exact) mass is 254 g/mol. The Labute approximate surface area is 107 Å². The summed E-state index contributed by atoms with van der Waals surface area (Å²) in [7, 11) is 0. The van der Waals surface area contributed by atoms with E-state index in [9.17, 15) is 0 Å². The molecule has 2 N–H and O–H groups in total. The van der Waals surface area contributed by atoms with Crippen molar-refractivity contribution < 1.29 is 0 Å².